The Balaban J connectivity index is 2.28. The Morgan fingerprint density at radius 2 is 1.81 bits per heavy atom. The first-order valence-corrected chi connectivity index (χ1v) is 9.34. The normalized spacial score (nSPS) is 26.5. The molecule has 2 N–H and O–H groups in total. The number of carboxylic acid groups (broad SMARTS) is 1. The molecule has 0 spiro atoms. The molecule has 0 heterocycles. The first-order chi connectivity index (χ1) is 9.75. The summed E-state index contributed by atoms with van der Waals surface area (Å²) in [6, 6.07) is 6.35. The summed E-state index contributed by atoms with van der Waals surface area (Å²) >= 11 is 2.09. The van der Waals surface area contributed by atoms with E-state index < -0.39 is 21.5 Å². The van der Waals surface area contributed by atoms with Gasteiger partial charge in [-0.05, 0) is 78.5 Å². The standard InChI is InChI=1S/C14H18INO4S/c1-10-6-8-14(9-7-10,13(17)18)16-21(19,20)12-4-2-11(15)3-5-12/h2-5,10,16H,6-9H2,1H3,(H,17,18). The van der Waals surface area contributed by atoms with Crippen molar-refractivity contribution < 1.29 is 18.3 Å². The minimum Gasteiger partial charge on any atom is -0.480 e. The van der Waals surface area contributed by atoms with Crippen molar-refractivity contribution in [1.82, 2.24) is 4.72 Å². The van der Waals surface area contributed by atoms with Crippen LogP contribution in [0.25, 0.3) is 0 Å². The van der Waals surface area contributed by atoms with Gasteiger partial charge in [0.25, 0.3) is 0 Å². The highest BCUT2D eigenvalue weighted by Gasteiger charge is 2.44. The molecule has 1 aromatic rings. The van der Waals surface area contributed by atoms with Gasteiger partial charge in [0, 0.05) is 3.57 Å². The summed E-state index contributed by atoms with van der Waals surface area (Å²) in [6.45, 7) is 2.05. The van der Waals surface area contributed by atoms with Crippen molar-refractivity contribution in [3.8, 4) is 0 Å². The van der Waals surface area contributed by atoms with Crippen molar-refractivity contribution in [3.63, 3.8) is 0 Å². The van der Waals surface area contributed by atoms with Gasteiger partial charge in [0.1, 0.15) is 5.54 Å². The van der Waals surface area contributed by atoms with E-state index in [9.17, 15) is 18.3 Å². The number of hydrogen-bond acceptors (Lipinski definition) is 3. The smallest absolute Gasteiger partial charge is 0.324 e. The summed E-state index contributed by atoms with van der Waals surface area (Å²) in [5, 5.41) is 9.50. The van der Waals surface area contributed by atoms with Gasteiger partial charge in [0.15, 0.2) is 0 Å². The molecule has 1 saturated carbocycles. The van der Waals surface area contributed by atoms with Crippen LogP contribution in [0.3, 0.4) is 0 Å². The van der Waals surface area contributed by atoms with E-state index in [1.165, 1.54) is 12.1 Å². The minimum absolute atomic E-state index is 0.0992. The van der Waals surface area contributed by atoms with Crippen LogP contribution in [0.2, 0.25) is 0 Å². The van der Waals surface area contributed by atoms with Crippen LogP contribution in [0.1, 0.15) is 32.6 Å². The molecule has 0 bridgehead atoms. The second-order valence-corrected chi connectivity index (χ2v) is 8.56. The molecule has 2 rings (SSSR count). The first kappa shape index (κ1) is 16.7. The zero-order valence-corrected chi connectivity index (χ0v) is 14.6. The quantitative estimate of drug-likeness (QED) is 0.730. The minimum atomic E-state index is -3.83. The number of hydrogen-bond donors (Lipinski definition) is 2. The third kappa shape index (κ3) is 3.75. The van der Waals surface area contributed by atoms with Gasteiger partial charge >= 0.3 is 5.97 Å². The lowest BCUT2D eigenvalue weighted by Crippen LogP contribution is -2.56. The maximum absolute atomic E-state index is 12.4. The van der Waals surface area contributed by atoms with Crippen molar-refractivity contribution in [1.29, 1.82) is 0 Å². The van der Waals surface area contributed by atoms with Crippen LogP contribution < -0.4 is 4.72 Å². The first-order valence-electron chi connectivity index (χ1n) is 6.78. The van der Waals surface area contributed by atoms with E-state index in [-0.39, 0.29) is 4.90 Å². The zero-order valence-electron chi connectivity index (χ0n) is 11.7. The van der Waals surface area contributed by atoms with Crippen LogP contribution >= 0.6 is 22.6 Å². The van der Waals surface area contributed by atoms with Crippen molar-refractivity contribution in [3.05, 3.63) is 27.8 Å². The van der Waals surface area contributed by atoms with Crippen LogP contribution in [0.4, 0.5) is 0 Å². The largest absolute Gasteiger partial charge is 0.480 e. The monoisotopic (exact) mass is 423 g/mol. The highest BCUT2D eigenvalue weighted by atomic mass is 127. The van der Waals surface area contributed by atoms with Crippen molar-refractivity contribution in [2.45, 2.75) is 43.0 Å². The molecule has 0 amide bonds. The zero-order chi connectivity index (χ0) is 15.7. The molecular formula is C14H18INO4S. The van der Waals surface area contributed by atoms with E-state index in [4.69, 9.17) is 0 Å². The number of carboxylic acids is 1. The average molecular weight is 423 g/mol. The van der Waals surface area contributed by atoms with E-state index in [1.807, 2.05) is 0 Å². The molecule has 1 aliphatic carbocycles. The maximum Gasteiger partial charge on any atom is 0.324 e. The highest BCUT2D eigenvalue weighted by Crippen LogP contribution is 2.33. The molecule has 0 atom stereocenters. The van der Waals surface area contributed by atoms with Crippen LogP contribution in [-0.2, 0) is 14.8 Å². The van der Waals surface area contributed by atoms with Gasteiger partial charge in [0.05, 0.1) is 4.90 Å². The van der Waals surface area contributed by atoms with E-state index in [1.54, 1.807) is 12.1 Å². The lowest BCUT2D eigenvalue weighted by molar-refractivity contribution is -0.145. The summed E-state index contributed by atoms with van der Waals surface area (Å²) in [5.41, 5.74) is -1.38. The topological polar surface area (TPSA) is 83.5 Å². The van der Waals surface area contributed by atoms with Crippen LogP contribution in [-0.4, -0.2) is 25.0 Å². The molecule has 0 radical (unpaired) electrons. The van der Waals surface area contributed by atoms with Gasteiger partial charge in [-0.15, -0.1) is 0 Å². The molecule has 1 aromatic carbocycles. The number of nitrogens with one attached hydrogen (secondary N) is 1. The fraction of sp³-hybridized carbons (Fsp3) is 0.500. The molecule has 1 aliphatic rings. The van der Waals surface area contributed by atoms with Gasteiger partial charge < -0.3 is 5.11 Å². The molecule has 116 valence electrons. The van der Waals surface area contributed by atoms with Crippen molar-refractivity contribution in [2.24, 2.45) is 5.92 Å². The van der Waals surface area contributed by atoms with Gasteiger partial charge in [-0.2, -0.15) is 4.72 Å². The Labute approximate surface area is 138 Å². The number of halogens is 1. The molecular weight excluding hydrogens is 405 g/mol. The van der Waals surface area contributed by atoms with Crippen molar-refractivity contribution >= 4 is 38.6 Å². The number of rotatable bonds is 4. The van der Waals surface area contributed by atoms with E-state index >= 15 is 0 Å². The van der Waals surface area contributed by atoms with Crippen LogP contribution in [0, 0.1) is 9.49 Å². The van der Waals surface area contributed by atoms with E-state index in [0.29, 0.717) is 31.6 Å². The average Bonchev–Trinajstić information content (AvgIpc) is 2.41. The third-order valence-corrected chi connectivity index (χ3v) is 6.26. The summed E-state index contributed by atoms with van der Waals surface area (Å²) in [6.07, 6.45) is 2.07. The lowest BCUT2D eigenvalue weighted by atomic mass is 9.78. The SMILES string of the molecule is CC1CCC(NS(=O)(=O)c2ccc(I)cc2)(C(=O)O)CC1. The molecule has 0 unspecified atom stereocenters. The van der Waals surface area contributed by atoms with Gasteiger partial charge in [0.2, 0.25) is 10.0 Å². The number of sulfonamides is 1. The van der Waals surface area contributed by atoms with E-state index in [0.717, 1.165) is 3.57 Å². The highest BCUT2D eigenvalue weighted by molar-refractivity contribution is 14.1. The molecule has 5 nitrogen and oxygen atoms in total. The number of aliphatic carboxylic acids is 1. The van der Waals surface area contributed by atoms with Gasteiger partial charge in [-0.3, -0.25) is 4.79 Å². The third-order valence-electron chi connectivity index (χ3n) is 3.99. The molecule has 0 aromatic heterocycles. The number of benzene rings is 1. The maximum atomic E-state index is 12.4. The van der Waals surface area contributed by atoms with Gasteiger partial charge in [-0.25, -0.2) is 8.42 Å². The summed E-state index contributed by atoms with van der Waals surface area (Å²) < 4.78 is 28.2. The van der Waals surface area contributed by atoms with E-state index in [2.05, 4.69) is 34.2 Å². The Hall–Kier alpha value is -0.670. The predicted octanol–water partition coefficient (Wildman–Crippen LogP) is 2.60. The second kappa shape index (κ2) is 6.21. The molecule has 1 fully saturated rings. The number of carbonyl (C=O) groups is 1. The second-order valence-electron chi connectivity index (χ2n) is 5.63. The van der Waals surface area contributed by atoms with Crippen molar-refractivity contribution in [2.75, 3.05) is 0 Å². The summed E-state index contributed by atoms with van der Waals surface area (Å²) in [7, 11) is -3.83. The van der Waals surface area contributed by atoms with Crippen LogP contribution in [0.15, 0.2) is 29.2 Å². The fourth-order valence-corrected chi connectivity index (χ4v) is 4.32. The van der Waals surface area contributed by atoms with Gasteiger partial charge in [-0.1, -0.05) is 6.92 Å². The molecule has 0 aliphatic heterocycles. The Kier molecular flexibility index (Phi) is 4.94. The Morgan fingerprint density at radius 1 is 1.29 bits per heavy atom. The fourth-order valence-electron chi connectivity index (χ4n) is 2.54. The summed E-state index contributed by atoms with van der Waals surface area (Å²) in [4.78, 5) is 11.7. The summed E-state index contributed by atoms with van der Waals surface area (Å²) in [5.74, 6) is -0.663. The Morgan fingerprint density at radius 3 is 2.29 bits per heavy atom. The van der Waals surface area contributed by atoms with Crippen LogP contribution in [0.5, 0.6) is 0 Å². The molecule has 7 heteroatoms. The lowest BCUT2D eigenvalue weighted by Gasteiger charge is -2.36. The molecule has 21 heavy (non-hydrogen) atoms. The predicted molar refractivity (Wildman–Crippen MR) is 87.5 cm³/mol. The molecule has 0 saturated heterocycles. The Bertz CT molecular complexity index is 619.